The van der Waals surface area contributed by atoms with Gasteiger partial charge in [-0.3, -0.25) is 19.4 Å². The SMILES string of the molecule is CC1N=CC=CC(NC(=O)[C@H](C)NC(=O)COc2ccccc2Cl)C1=O. The fourth-order valence-electron chi connectivity index (χ4n) is 2.22. The molecule has 1 aromatic rings. The van der Waals surface area contributed by atoms with Gasteiger partial charge >= 0.3 is 0 Å². The maximum atomic E-state index is 12.2. The Morgan fingerprint density at radius 2 is 2.08 bits per heavy atom. The third-order valence-corrected chi connectivity index (χ3v) is 3.99. The Morgan fingerprint density at radius 1 is 1.35 bits per heavy atom. The van der Waals surface area contributed by atoms with Crippen LogP contribution in [0.4, 0.5) is 0 Å². The summed E-state index contributed by atoms with van der Waals surface area (Å²) in [6.45, 7) is 2.89. The number of halogens is 1. The Balaban J connectivity index is 1.83. The summed E-state index contributed by atoms with van der Waals surface area (Å²) in [4.78, 5) is 40.3. The first kappa shape index (κ1) is 19.7. The maximum absolute atomic E-state index is 12.2. The third kappa shape index (κ3) is 5.42. The lowest BCUT2D eigenvalue weighted by atomic mass is 10.1. The first-order valence-corrected chi connectivity index (χ1v) is 8.47. The third-order valence-electron chi connectivity index (χ3n) is 3.68. The van der Waals surface area contributed by atoms with Gasteiger partial charge in [-0.2, -0.15) is 0 Å². The van der Waals surface area contributed by atoms with Gasteiger partial charge in [-0.25, -0.2) is 0 Å². The first-order chi connectivity index (χ1) is 12.4. The molecule has 3 atom stereocenters. The van der Waals surface area contributed by atoms with Gasteiger partial charge in [0.05, 0.1) is 5.02 Å². The summed E-state index contributed by atoms with van der Waals surface area (Å²) in [7, 11) is 0. The number of carbonyl (C=O) groups is 3. The van der Waals surface area contributed by atoms with Crippen LogP contribution >= 0.6 is 11.6 Å². The lowest BCUT2D eigenvalue weighted by Gasteiger charge is -2.19. The average molecular weight is 378 g/mol. The van der Waals surface area contributed by atoms with E-state index in [1.54, 1.807) is 43.3 Å². The molecule has 0 aromatic heterocycles. The highest BCUT2D eigenvalue weighted by Crippen LogP contribution is 2.22. The molecule has 7 nitrogen and oxygen atoms in total. The largest absolute Gasteiger partial charge is 0.482 e. The molecule has 0 aliphatic carbocycles. The van der Waals surface area contributed by atoms with E-state index in [2.05, 4.69) is 15.6 Å². The van der Waals surface area contributed by atoms with Gasteiger partial charge in [0.25, 0.3) is 5.91 Å². The van der Waals surface area contributed by atoms with Crippen LogP contribution in [0.3, 0.4) is 0 Å². The number of nitrogens with zero attached hydrogens (tertiary/aromatic N) is 1. The van der Waals surface area contributed by atoms with Gasteiger partial charge in [-0.05, 0) is 32.1 Å². The molecule has 0 radical (unpaired) electrons. The minimum Gasteiger partial charge on any atom is -0.482 e. The van der Waals surface area contributed by atoms with E-state index in [9.17, 15) is 14.4 Å². The van der Waals surface area contributed by atoms with Crippen molar-refractivity contribution in [2.75, 3.05) is 6.61 Å². The molecule has 1 heterocycles. The predicted molar refractivity (Wildman–Crippen MR) is 98.6 cm³/mol. The Labute approximate surface area is 156 Å². The molecule has 0 spiro atoms. The number of nitrogens with one attached hydrogen (secondary N) is 2. The smallest absolute Gasteiger partial charge is 0.258 e. The van der Waals surface area contributed by atoms with Crippen molar-refractivity contribution in [1.82, 2.24) is 10.6 Å². The molecule has 1 aromatic carbocycles. The van der Waals surface area contributed by atoms with E-state index < -0.39 is 29.9 Å². The number of benzene rings is 1. The van der Waals surface area contributed by atoms with E-state index in [4.69, 9.17) is 16.3 Å². The van der Waals surface area contributed by atoms with Gasteiger partial charge in [-0.1, -0.05) is 29.8 Å². The van der Waals surface area contributed by atoms with E-state index in [1.165, 1.54) is 13.1 Å². The molecule has 0 fully saturated rings. The van der Waals surface area contributed by atoms with Crippen LogP contribution in [0.5, 0.6) is 5.75 Å². The lowest BCUT2D eigenvalue weighted by molar-refractivity contribution is -0.131. The zero-order chi connectivity index (χ0) is 19.1. The molecule has 0 saturated carbocycles. The number of allylic oxidation sites excluding steroid dienone is 1. The summed E-state index contributed by atoms with van der Waals surface area (Å²) < 4.78 is 5.32. The molecule has 2 amide bonds. The van der Waals surface area contributed by atoms with E-state index in [1.807, 2.05) is 0 Å². The van der Waals surface area contributed by atoms with Crippen molar-refractivity contribution in [1.29, 1.82) is 0 Å². The number of hydrogen-bond donors (Lipinski definition) is 2. The van der Waals surface area contributed by atoms with Crippen molar-refractivity contribution in [2.24, 2.45) is 4.99 Å². The van der Waals surface area contributed by atoms with Crippen molar-refractivity contribution in [2.45, 2.75) is 32.0 Å². The van der Waals surface area contributed by atoms with Gasteiger partial charge in [-0.15, -0.1) is 0 Å². The Hall–Kier alpha value is -2.67. The number of Topliss-reactive ketones (excluding diaryl/α,β-unsaturated/α-hetero) is 1. The zero-order valence-corrected chi connectivity index (χ0v) is 15.2. The van der Waals surface area contributed by atoms with Gasteiger partial charge in [0.2, 0.25) is 5.91 Å². The van der Waals surface area contributed by atoms with E-state index in [0.717, 1.165) is 0 Å². The van der Waals surface area contributed by atoms with E-state index >= 15 is 0 Å². The van der Waals surface area contributed by atoms with Crippen molar-refractivity contribution in [3.05, 3.63) is 41.4 Å². The molecular weight excluding hydrogens is 358 g/mol. The summed E-state index contributed by atoms with van der Waals surface area (Å²) in [5, 5.41) is 5.50. The number of amides is 2. The maximum Gasteiger partial charge on any atom is 0.258 e. The predicted octanol–water partition coefficient (Wildman–Crippen LogP) is 1.31. The standard InChI is InChI=1S/C18H20ClN3O4/c1-11-17(24)14(7-5-9-20-11)22-18(25)12(2)21-16(23)10-26-15-8-4-3-6-13(15)19/h3-9,11-12,14H,10H2,1-2H3,(H,21,23)(H,22,25)/t11?,12-,14?/m0/s1. The van der Waals surface area contributed by atoms with Crippen molar-refractivity contribution < 1.29 is 19.1 Å². The van der Waals surface area contributed by atoms with Gasteiger partial charge in [0.1, 0.15) is 23.9 Å². The zero-order valence-electron chi connectivity index (χ0n) is 14.4. The van der Waals surface area contributed by atoms with E-state index in [0.29, 0.717) is 10.8 Å². The van der Waals surface area contributed by atoms with Crippen molar-refractivity contribution >= 4 is 35.4 Å². The van der Waals surface area contributed by atoms with Crippen molar-refractivity contribution in [3.63, 3.8) is 0 Å². The molecule has 138 valence electrons. The van der Waals surface area contributed by atoms with Crippen LogP contribution in [0, 0.1) is 0 Å². The number of carbonyl (C=O) groups excluding carboxylic acids is 3. The monoisotopic (exact) mass is 377 g/mol. The molecule has 2 N–H and O–H groups in total. The fraction of sp³-hybridized carbons (Fsp3) is 0.333. The Kier molecular flexibility index (Phi) is 6.91. The molecule has 1 aliphatic heterocycles. The molecule has 26 heavy (non-hydrogen) atoms. The fourth-order valence-corrected chi connectivity index (χ4v) is 2.41. The topological polar surface area (TPSA) is 96.9 Å². The minimum atomic E-state index is -0.835. The van der Waals surface area contributed by atoms with Gasteiger partial charge in [0, 0.05) is 6.21 Å². The first-order valence-electron chi connectivity index (χ1n) is 8.09. The van der Waals surface area contributed by atoms with Crippen LogP contribution in [-0.4, -0.2) is 48.5 Å². The summed E-state index contributed by atoms with van der Waals surface area (Å²) in [6.07, 6.45) is 4.68. The molecule has 0 bridgehead atoms. The number of ketones is 1. The van der Waals surface area contributed by atoms with Crippen LogP contribution in [0.25, 0.3) is 0 Å². The second-order valence-corrected chi connectivity index (χ2v) is 6.16. The molecule has 0 saturated heterocycles. The number of hydrogen-bond acceptors (Lipinski definition) is 5. The van der Waals surface area contributed by atoms with Crippen LogP contribution < -0.4 is 15.4 Å². The second-order valence-electron chi connectivity index (χ2n) is 5.76. The highest BCUT2D eigenvalue weighted by molar-refractivity contribution is 6.32. The molecule has 1 aliphatic rings. The Bertz CT molecular complexity index is 748. The normalized spacial score (nSPS) is 20.2. The quantitative estimate of drug-likeness (QED) is 0.781. The van der Waals surface area contributed by atoms with Crippen LogP contribution in [0.15, 0.2) is 41.4 Å². The minimum absolute atomic E-state index is 0.219. The molecular formula is C18H20ClN3O4. The lowest BCUT2D eigenvalue weighted by Crippen LogP contribution is -2.51. The number of rotatable bonds is 6. The summed E-state index contributed by atoms with van der Waals surface area (Å²) in [5.41, 5.74) is 0. The van der Waals surface area contributed by atoms with E-state index in [-0.39, 0.29) is 12.4 Å². The van der Waals surface area contributed by atoms with Gasteiger partial charge in [0.15, 0.2) is 12.4 Å². The summed E-state index contributed by atoms with van der Waals surface area (Å²) in [6, 6.07) is 4.61. The average Bonchev–Trinajstić information content (AvgIpc) is 2.76. The molecule has 2 rings (SSSR count). The van der Waals surface area contributed by atoms with Crippen molar-refractivity contribution in [3.8, 4) is 5.75 Å². The summed E-state index contributed by atoms with van der Waals surface area (Å²) >= 11 is 5.94. The molecule has 2 unspecified atom stereocenters. The summed E-state index contributed by atoms with van der Waals surface area (Å²) in [5.74, 6) is -0.797. The highest BCUT2D eigenvalue weighted by Gasteiger charge is 2.26. The van der Waals surface area contributed by atoms with Gasteiger partial charge < -0.3 is 15.4 Å². The number of aliphatic imine (C=N–C) groups is 1. The highest BCUT2D eigenvalue weighted by atomic mass is 35.5. The number of para-hydroxylation sites is 1. The molecule has 8 heteroatoms. The number of ether oxygens (including phenoxy) is 1. The Morgan fingerprint density at radius 3 is 2.81 bits per heavy atom. The van der Waals surface area contributed by atoms with Crippen LogP contribution in [0.1, 0.15) is 13.8 Å². The second kappa shape index (κ2) is 9.15. The van der Waals surface area contributed by atoms with Crippen LogP contribution in [0.2, 0.25) is 5.02 Å². The van der Waals surface area contributed by atoms with Crippen LogP contribution in [-0.2, 0) is 14.4 Å².